The monoisotopic (exact) mass is 432 g/mol. The molecular weight excluding hydrogens is 419 g/mol. The molecule has 1 aliphatic rings. The van der Waals surface area contributed by atoms with Crippen LogP contribution in [0.5, 0.6) is 11.5 Å². The van der Waals surface area contributed by atoms with Gasteiger partial charge in [-0.2, -0.15) is 0 Å². The van der Waals surface area contributed by atoms with E-state index in [0.29, 0.717) is 17.2 Å². The Balaban J connectivity index is 1.70. The minimum absolute atomic E-state index is 0.153. The molecule has 0 fully saturated rings. The Bertz CT molecular complexity index is 1250. The third-order valence-corrected chi connectivity index (χ3v) is 6.08. The van der Waals surface area contributed by atoms with Gasteiger partial charge in [0, 0.05) is 12.7 Å². The Hall–Kier alpha value is -3.10. The third-order valence-electron chi connectivity index (χ3n) is 4.41. The minimum atomic E-state index is -4.04. The number of rotatable bonds is 3. The van der Waals surface area contributed by atoms with Crippen molar-refractivity contribution in [3.05, 3.63) is 77.1 Å². The number of ether oxygens (including phenoxy) is 1. The first-order chi connectivity index (χ1) is 13.8. The zero-order valence-electron chi connectivity index (χ0n) is 15.0. The Morgan fingerprint density at radius 2 is 1.79 bits per heavy atom. The van der Waals surface area contributed by atoms with Crippen LogP contribution in [0, 0.1) is 5.82 Å². The molecule has 1 aliphatic heterocycles. The zero-order valence-corrected chi connectivity index (χ0v) is 16.6. The van der Waals surface area contributed by atoms with Gasteiger partial charge in [-0.1, -0.05) is 23.7 Å². The smallest absolute Gasteiger partial charge is 0.261 e. The molecule has 1 heterocycles. The van der Waals surface area contributed by atoms with E-state index in [-0.39, 0.29) is 27.1 Å². The first-order valence-electron chi connectivity index (χ1n) is 8.43. The van der Waals surface area contributed by atoms with Gasteiger partial charge >= 0.3 is 0 Å². The topological polar surface area (TPSA) is 75.7 Å². The minimum Gasteiger partial charge on any atom is -0.454 e. The van der Waals surface area contributed by atoms with E-state index >= 15 is 0 Å². The molecule has 0 atom stereocenters. The molecule has 0 unspecified atom stereocenters. The summed E-state index contributed by atoms with van der Waals surface area (Å²) in [4.78, 5) is 14.1. The molecule has 0 aliphatic carbocycles. The number of sulfonamides is 1. The van der Waals surface area contributed by atoms with Crippen LogP contribution in [0.25, 0.3) is 0 Å². The van der Waals surface area contributed by atoms with E-state index in [4.69, 9.17) is 16.3 Å². The van der Waals surface area contributed by atoms with E-state index in [0.717, 1.165) is 18.2 Å². The number of amides is 1. The van der Waals surface area contributed by atoms with Gasteiger partial charge in [0.05, 0.1) is 21.2 Å². The van der Waals surface area contributed by atoms with Crippen LogP contribution in [0.1, 0.15) is 10.4 Å². The van der Waals surface area contributed by atoms with Crippen LogP contribution >= 0.6 is 11.6 Å². The van der Waals surface area contributed by atoms with Crippen molar-refractivity contribution >= 4 is 38.9 Å². The van der Waals surface area contributed by atoms with E-state index in [9.17, 15) is 17.6 Å². The average Bonchev–Trinajstić information content (AvgIpc) is 2.79. The molecular formula is C20H14ClFN2O4S. The molecule has 3 aromatic rings. The van der Waals surface area contributed by atoms with Gasteiger partial charge in [0.15, 0.2) is 5.75 Å². The molecule has 0 saturated carbocycles. The van der Waals surface area contributed by atoms with Gasteiger partial charge in [-0.3, -0.25) is 9.52 Å². The number of carbonyl (C=O) groups is 1. The van der Waals surface area contributed by atoms with Crippen LogP contribution in [0.4, 0.5) is 15.8 Å². The van der Waals surface area contributed by atoms with Crippen molar-refractivity contribution in [1.82, 2.24) is 0 Å². The molecule has 0 saturated heterocycles. The summed E-state index contributed by atoms with van der Waals surface area (Å²) in [5, 5.41) is -0.308. The maximum Gasteiger partial charge on any atom is 0.261 e. The summed E-state index contributed by atoms with van der Waals surface area (Å²) < 4.78 is 46.8. The molecule has 148 valence electrons. The highest BCUT2D eigenvalue weighted by Gasteiger charge is 2.26. The van der Waals surface area contributed by atoms with Crippen molar-refractivity contribution in [2.24, 2.45) is 0 Å². The first-order valence-corrected chi connectivity index (χ1v) is 10.3. The SMILES string of the molecule is CN1C(=O)c2cc(NS(=O)(=O)c3ccc(F)c(Cl)c3)ccc2Oc2ccccc21. The van der Waals surface area contributed by atoms with Crippen LogP contribution in [-0.2, 0) is 10.0 Å². The Labute approximate surface area is 171 Å². The van der Waals surface area contributed by atoms with Crippen LogP contribution in [-0.4, -0.2) is 21.4 Å². The largest absolute Gasteiger partial charge is 0.454 e. The quantitative estimate of drug-likeness (QED) is 0.653. The second kappa shape index (κ2) is 7.06. The summed E-state index contributed by atoms with van der Waals surface area (Å²) in [5.74, 6) is -0.257. The molecule has 3 aromatic carbocycles. The maximum atomic E-state index is 13.3. The van der Waals surface area contributed by atoms with Crippen molar-refractivity contribution < 1.29 is 22.3 Å². The van der Waals surface area contributed by atoms with Gasteiger partial charge in [0.1, 0.15) is 11.6 Å². The van der Waals surface area contributed by atoms with E-state index < -0.39 is 15.8 Å². The van der Waals surface area contributed by atoms with Crippen molar-refractivity contribution in [1.29, 1.82) is 0 Å². The average molecular weight is 433 g/mol. The second-order valence-corrected chi connectivity index (χ2v) is 8.42. The molecule has 9 heteroatoms. The van der Waals surface area contributed by atoms with E-state index in [1.807, 2.05) is 0 Å². The highest BCUT2D eigenvalue weighted by molar-refractivity contribution is 7.92. The van der Waals surface area contributed by atoms with Crippen molar-refractivity contribution in [3.63, 3.8) is 0 Å². The summed E-state index contributed by atoms with van der Waals surface area (Å²) in [6.45, 7) is 0. The number of anilines is 2. The summed E-state index contributed by atoms with van der Waals surface area (Å²) in [6, 6.07) is 14.5. The van der Waals surface area contributed by atoms with Gasteiger partial charge in [-0.25, -0.2) is 12.8 Å². The number of carbonyl (C=O) groups excluding carboxylic acids is 1. The Morgan fingerprint density at radius 3 is 2.55 bits per heavy atom. The standard InChI is InChI=1S/C20H14ClFN2O4S/c1-24-17-4-2-3-5-19(17)28-18-9-6-12(10-14(18)20(24)25)23-29(26,27)13-7-8-16(22)15(21)11-13/h2-11,23H,1H3. The number of hydrogen-bond donors (Lipinski definition) is 1. The predicted molar refractivity (Wildman–Crippen MR) is 108 cm³/mol. The number of nitrogens with one attached hydrogen (secondary N) is 1. The molecule has 4 rings (SSSR count). The van der Waals surface area contributed by atoms with Gasteiger partial charge in [0.2, 0.25) is 0 Å². The number of hydrogen-bond acceptors (Lipinski definition) is 4. The van der Waals surface area contributed by atoms with Gasteiger partial charge < -0.3 is 9.64 Å². The van der Waals surface area contributed by atoms with Crippen LogP contribution < -0.4 is 14.4 Å². The summed E-state index contributed by atoms with van der Waals surface area (Å²) in [5.41, 5.74) is 0.943. The number of fused-ring (bicyclic) bond motifs is 2. The number of benzene rings is 3. The lowest BCUT2D eigenvalue weighted by molar-refractivity contribution is 0.0993. The fraction of sp³-hybridized carbons (Fsp3) is 0.0500. The molecule has 6 nitrogen and oxygen atoms in total. The fourth-order valence-corrected chi connectivity index (χ4v) is 4.26. The molecule has 1 N–H and O–H groups in total. The van der Waals surface area contributed by atoms with Gasteiger partial charge in [-0.15, -0.1) is 0 Å². The number of para-hydroxylation sites is 2. The highest BCUT2D eigenvalue weighted by atomic mass is 35.5. The van der Waals surface area contributed by atoms with Gasteiger partial charge in [0.25, 0.3) is 15.9 Å². The van der Waals surface area contributed by atoms with Crippen molar-refractivity contribution in [2.45, 2.75) is 4.90 Å². The Kier molecular flexibility index (Phi) is 4.68. The molecule has 0 bridgehead atoms. The first kappa shape index (κ1) is 19.2. The Morgan fingerprint density at radius 1 is 1.03 bits per heavy atom. The van der Waals surface area contributed by atoms with E-state index in [1.165, 1.54) is 23.1 Å². The summed E-state index contributed by atoms with van der Waals surface area (Å²) in [7, 11) is -2.43. The van der Waals surface area contributed by atoms with Crippen LogP contribution in [0.15, 0.2) is 65.6 Å². The fourth-order valence-electron chi connectivity index (χ4n) is 2.94. The summed E-state index contributed by atoms with van der Waals surface area (Å²) in [6.07, 6.45) is 0. The van der Waals surface area contributed by atoms with Crippen LogP contribution in [0.3, 0.4) is 0 Å². The molecule has 1 amide bonds. The van der Waals surface area contributed by atoms with Gasteiger partial charge in [-0.05, 0) is 48.5 Å². The lowest BCUT2D eigenvalue weighted by Gasteiger charge is -2.16. The van der Waals surface area contributed by atoms with Crippen molar-refractivity contribution in [3.8, 4) is 11.5 Å². The molecule has 0 radical (unpaired) electrons. The third kappa shape index (κ3) is 3.52. The second-order valence-electron chi connectivity index (χ2n) is 6.33. The molecule has 29 heavy (non-hydrogen) atoms. The van der Waals surface area contributed by atoms with E-state index in [1.54, 1.807) is 31.3 Å². The van der Waals surface area contributed by atoms with E-state index in [2.05, 4.69) is 4.72 Å². The number of halogens is 2. The molecule has 0 aromatic heterocycles. The zero-order chi connectivity index (χ0) is 20.8. The lowest BCUT2D eigenvalue weighted by atomic mass is 10.1. The molecule has 0 spiro atoms. The lowest BCUT2D eigenvalue weighted by Crippen LogP contribution is -2.25. The maximum absolute atomic E-state index is 13.3. The normalized spacial score (nSPS) is 13.2. The summed E-state index contributed by atoms with van der Waals surface area (Å²) >= 11 is 5.68. The number of nitrogens with zero attached hydrogens (tertiary/aromatic N) is 1. The highest BCUT2D eigenvalue weighted by Crippen LogP contribution is 2.39. The predicted octanol–water partition coefficient (Wildman–Crippen LogP) is 4.66. The van der Waals surface area contributed by atoms with Crippen LogP contribution in [0.2, 0.25) is 5.02 Å². The van der Waals surface area contributed by atoms with Crippen molar-refractivity contribution in [2.75, 3.05) is 16.7 Å².